The zero-order valence-corrected chi connectivity index (χ0v) is 15.4. The standard InChI is InChI=1S/C19H28N4O2/c1-22(2)14-16(15-9-6-5-7-10-15)21-19(24)20-13-17(23(3)4)18-11-8-12-25-18/h5-12,16-17H,13-14H2,1-4H3,(H2,20,21,24). The van der Waals surface area contributed by atoms with E-state index in [2.05, 4.69) is 15.5 Å². The summed E-state index contributed by atoms with van der Waals surface area (Å²) in [4.78, 5) is 16.5. The molecule has 0 fully saturated rings. The van der Waals surface area contributed by atoms with Gasteiger partial charge in [0.1, 0.15) is 5.76 Å². The van der Waals surface area contributed by atoms with Crippen molar-refractivity contribution >= 4 is 6.03 Å². The van der Waals surface area contributed by atoms with Crippen molar-refractivity contribution in [1.82, 2.24) is 20.4 Å². The molecule has 2 aromatic rings. The van der Waals surface area contributed by atoms with Gasteiger partial charge in [-0.05, 0) is 45.9 Å². The number of amides is 2. The first-order chi connectivity index (χ1) is 12.0. The summed E-state index contributed by atoms with van der Waals surface area (Å²) in [5.41, 5.74) is 1.08. The van der Waals surface area contributed by atoms with E-state index in [1.54, 1.807) is 6.26 Å². The van der Waals surface area contributed by atoms with Crippen LogP contribution in [0.15, 0.2) is 53.1 Å². The summed E-state index contributed by atoms with van der Waals surface area (Å²) in [5.74, 6) is 0.832. The molecule has 0 aliphatic rings. The Hall–Kier alpha value is -2.31. The molecule has 6 heteroatoms. The number of hydrogen-bond acceptors (Lipinski definition) is 4. The van der Waals surface area contributed by atoms with E-state index in [-0.39, 0.29) is 18.1 Å². The van der Waals surface area contributed by atoms with Gasteiger partial charge in [0.05, 0.1) is 18.3 Å². The van der Waals surface area contributed by atoms with Crippen molar-refractivity contribution in [2.75, 3.05) is 41.3 Å². The molecule has 2 atom stereocenters. The van der Waals surface area contributed by atoms with Gasteiger partial charge in [0.2, 0.25) is 0 Å². The van der Waals surface area contributed by atoms with Crippen molar-refractivity contribution < 1.29 is 9.21 Å². The molecule has 1 aromatic carbocycles. The highest BCUT2D eigenvalue weighted by atomic mass is 16.3. The maximum atomic E-state index is 12.4. The molecule has 2 unspecified atom stereocenters. The van der Waals surface area contributed by atoms with Crippen LogP contribution in [0.2, 0.25) is 0 Å². The van der Waals surface area contributed by atoms with E-state index in [0.717, 1.165) is 17.9 Å². The predicted molar refractivity (Wildman–Crippen MR) is 99.4 cm³/mol. The summed E-state index contributed by atoms with van der Waals surface area (Å²) < 4.78 is 5.47. The minimum Gasteiger partial charge on any atom is -0.468 e. The monoisotopic (exact) mass is 344 g/mol. The maximum Gasteiger partial charge on any atom is 0.315 e. The summed E-state index contributed by atoms with van der Waals surface area (Å²) in [5, 5.41) is 6.02. The highest BCUT2D eigenvalue weighted by Gasteiger charge is 2.20. The van der Waals surface area contributed by atoms with Crippen LogP contribution < -0.4 is 10.6 Å². The lowest BCUT2D eigenvalue weighted by molar-refractivity contribution is 0.219. The summed E-state index contributed by atoms with van der Waals surface area (Å²) in [6.45, 7) is 1.20. The van der Waals surface area contributed by atoms with E-state index in [1.807, 2.05) is 75.6 Å². The number of urea groups is 1. The highest BCUT2D eigenvalue weighted by Crippen LogP contribution is 2.18. The average molecular weight is 344 g/mol. The molecule has 0 aliphatic heterocycles. The summed E-state index contributed by atoms with van der Waals surface area (Å²) in [6, 6.07) is 13.5. The highest BCUT2D eigenvalue weighted by molar-refractivity contribution is 5.74. The van der Waals surface area contributed by atoms with E-state index < -0.39 is 0 Å². The number of rotatable bonds is 8. The van der Waals surface area contributed by atoms with E-state index >= 15 is 0 Å². The average Bonchev–Trinajstić information content (AvgIpc) is 3.08. The van der Waals surface area contributed by atoms with Crippen LogP contribution in [0.4, 0.5) is 4.79 Å². The van der Waals surface area contributed by atoms with Gasteiger partial charge in [-0.3, -0.25) is 4.90 Å². The zero-order chi connectivity index (χ0) is 18.2. The Kier molecular flexibility index (Phi) is 7.03. The fourth-order valence-corrected chi connectivity index (χ4v) is 2.70. The molecule has 2 rings (SSSR count). The lowest BCUT2D eigenvalue weighted by atomic mass is 10.1. The molecule has 0 bridgehead atoms. The second-order valence-electron chi connectivity index (χ2n) is 6.57. The van der Waals surface area contributed by atoms with Gasteiger partial charge in [-0.25, -0.2) is 4.79 Å². The number of likely N-dealkylation sites (N-methyl/N-ethyl adjacent to an activating group) is 2. The van der Waals surface area contributed by atoms with Gasteiger partial charge in [0, 0.05) is 13.1 Å². The van der Waals surface area contributed by atoms with Crippen LogP contribution in [0, 0.1) is 0 Å². The number of carbonyl (C=O) groups excluding carboxylic acids is 1. The van der Waals surface area contributed by atoms with Crippen LogP contribution in [0.1, 0.15) is 23.4 Å². The molecule has 0 spiro atoms. The third-order valence-corrected chi connectivity index (χ3v) is 4.01. The fraction of sp³-hybridized carbons (Fsp3) is 0.421. The number of benzene rings is 1. The molecule has 0 saturated carbocycles. The van der Waals surface area contributed by atoms with Crippen LogP contribution in [-0.2, 0) is 0 Å². The number of nitrogens with one attached hydrogen (secondary N) is 2. The van der Waals surface area contributed by atoms with E-state index in [1.165, 1.54) is 0 Å². The Labute approximate surface area is 149 Å². The van der Waals surface area contributed by atoms with Gasteiger partial charge >= 0.3 is 6.03 Å². The summed E-state index contributed by atoms with van der Waals surface area (Å²) in [6.07, 6.45) is 1.65. The van der Waals surface area contributed by atoms with E-state index in [0.29, 0.717) is 6.54 Å². The van der Waals surface area contributed by atoms with Crippen LogP contribution in [-0.4, -0.2) is 57.1 Å². The second kappa shape index (κ2) is 9.25. The minimum atomic E-state index is -0.186. The minimum absolute atomic E-state index is 0.00947. The number of furan rings is 1. The smallest absolute Gasteiger partial charge is 0.315 e. The van der Waals surface area contributed by atoms with Gasteiger partial charge < -0.3 is 20.0 Å². The van der Waals surface area contributed by atoms with E-state index in [4.69, 9.17) is 4.42 Å². The summed E-state index contributed by atoms with van der Waals surface area (Å²) >= 11 is 0. The van der Waals surface area contributed by atoms with Gasteiger partial charge in [-0.2, -0.15) is 0 Å². The molecule has 136 valence electrons. The molecule has 6 nitrogen and oxygen atoms in total. The molecule has 0 saturated heterocycles. The van der Waals surface area contributed by atoms with Crippen molar-refractivity contribution in [2.24, 2.45) is 0 Å². The van der Waals surface area contributed by atoms with Crippen molar-refractivity contribution in [3.05, 3.63) is 60.1 Å². The lowest BCUT2D eigenvalue weighted by Crippen LogP contribution is -2.44. The Morgan fingerprint density at radius 2 is 1.80 bits per heavy atom. The first-order valence-corrected chi connectivity index (χ1v) is 8.41. The second-order valence-corrected chi connectivity index (χ2v) is 6.57. The molecule has 1 aromatic heterocycles. The van der Waals surface area contributed by atoms with Crippen molar-refractivity contribution in [1.29, 1.82) is 0 Å². The van der Waals surface area contributed by atoms with Crippen LogP contribution in [0.25, 0.3) is 0 Å². The Bertz CT molecular complexity index is 626. The zero-order valence-electron chi connectivity index (χ0n) is 15.4. The number of nitrogens with zero attached hydrogens (tertiary/aromatic N) is 2. The maximum absolute atomic E-state index is 12.4. The number of hydrogen-bond donors (Lipinski definition) is 2. The molecular formula is C19H28N4O2. The van der Waals surface area contributed by atoms with Gasteiger partial charge in [0.25, 0.3) is 0 Å². The largest absolute Gasteiger partial charge is 0.468 e. The Balaban J connectivity index is 1.96. The normalized spacial score (nSPS) is 13.7. The number of carbonyl (C=O) groups is 1. The first kappa shape index (κ1) is 19.0. The molecule has 0 aliphatic carbocycles. The van der Waals surface area contributed by atoms with Gasteiger partial charge in [-0.1, -0.05) is 30.3 Å². The van der Waals surface area contributed by atoms with Gasteiger partial charge in [0.15, 0.2) is 0 Å². The molecule has 2 amide bonds. The van der Waals surface area contributed by atoms with Crippen LogP contribution in [0.5, 0.6) is 0 Å². The first-order valence-electron chi connectivity index (χ1n) is 8.41. The Morgan fingerprint density at radius 3 is 2.36 bits per heavy atom. The molecule has 2 N–H and O–H groups in total. The van der Waals surface area contributed by atoms with Crippen molar-refractivity contribution in [2.45, 2.75) is 12.1 Å². The topological polar surface area (TPSA) is 60.8 Å². The molecule has 0 radical (unpaired) electrons. The van der Waals surface area contributed by atoms with Crippen LogP contribution >= 0.6 is 0 Å². The van der Waals surface area contributed by atoms with Crippen LogP contribution in [0.3, 0.4) is 0 Å². The van der Waals surface area contributed by atoms with Crippen molar-refractivity contribution in [3.63, 3.8) is 0 Å². The SMILES string of the molecule is CN(C)CC(NC(=O)NCC(c1ccco1)N(C)C)c1ccccc1. The molecule has 1 heterocycles. The predicted octanol–water partition coefficient (Wildman–Crippen LogP) is 2.48. The molecular weight excluding hydrogens is 316 g/mol. The third kappa shape index (κ3) is 5.92. The molecule has 25 heavy (non-hydrogen) atoms. The quantitative estimate of drug-likeness (QED) is 0.772. The third-order valence-electron chi connectivity index (χ3n) is 4.01. The fourth-order valence-electron chi connectivity index (χ4n) is 2.70. The van der Waals surface area contributed by atoms with Gasteiger partial charge in [-0.15, -0.1) is 0 Å². The van der Waals surface area contributed by atoms with E-state index in [9.17, 15) is 4.79 Å². The lowest BCUT2D eigenvalue weighted by Gasteiger charge is -2.25. The van der Waals surface area contributed by atoms with Crippen molar-refractivity contribution in [3.8, 4) is 0 Å². The Morgan fingerprint density at radius 1 is 1.08 bits per heavy atom. The summed E-state index contributed by atoms with van der Waals surface area (Å²) in [7, 11) is 7.92.